The Morgan fingerprint density at radius 2 is 1.61 bits per heavy atom. The molecule has 1 heterocycles. The van der Waals surface area contributed by atoms with Crippen LogP contribution in [-0.2, 0) is 13.2 Å². The lowest BCUT2D eigenvalue weighted by Gasteiger charge is -2.30. The van der Waals surface area contributed by atoms with E-state index >= 15 is 0 Å². The summed E-state index contributed by atoms with van der Waals surface area (Å²) in [5, 5.41) is 0. The Kier molecular flexibility index (Phi) is 6.90. The second kappa shape index (κ2) is 8.92. The van der Waals surface area contributed by atoms with Crippen LogP contribution in [-0.4, -0.2) is 24.0 Å². The number of benzene rings is 2. The number of nitrogens with two attached hydrogens (primary N) is 1. The largest absolute Gasteiger partial charge is 0.489 e. The highest BCUT2D eigenvalue weighted by Crippen LogP contribution is 2.22. The maximum absolute atomic E-state index is 6.03. The van der Waals surface area contributed by atoms with Crippen molar-refractivity contribution in [3.05, 3.63) is 65.7 Å². The molecule has 1 aliphatic rings. The number of piperidine rings is 1. The van der Waals surface area contributed by atoms with Gasteiger partial charge in [-0.3, -0.25) is 4.90 Å². The van der Waals surface area contributed by atoms with Crippen LogP contribution in [0, 0.1) is 0 Å². The van der Waals surface area contributed by atoms with Gasteiger partial charge in [-0.15, -0.1) is 12.4 Å². The lowest BCUT2D eigenvalue weighted by atomic mass is 10.1. The number of nitrogens with zero attached hydrogens (tertiary/aromatic N) is 1. The van der Waals surface area contributed by atoms with Crippen LogP contribution in [0.1, 0.15) is 24.0 Å². The zero-order chi connectivity index (χ0) is 15.2. The van der Waals surface area contributed by atoms with Crippen LogP contribution in [0.2, 0.25) is 0 Å². The fourth-order valence-corrected chi connectivity index (χ4v) is 2.86. The summed E-state index contributed by atoms with van der Waals surface area (Å²) in [6, 6.07) is 19.0. The minimum absolute atomic E-state index is 0. The summed E-state index contributed by atoms with van der Waals surface area (Å²) in [7, 11) is 0. The van der Waals surface area contributed by atoms with Crippen LogP contribution >= 0.6 is 12.4 Å². The summed E-state index contributed by atoms with van der Waals surface area (Å²) in [5.41, 5.74) is 8.43. The number of rotatable bonds is 5. The Balaban J connectivity index is 0.00000192. The first-order chi connectivity index (χ1) is 10.8. The van der Waals surface area contributed by atoms with Gasteiger partial charge in [0.05, 0.1) is 0 Å². The van der Waals surface area contributed by atoms with Crippen LogP contribution in [0.25, 0.3) is 0 Å². The van der Waals surface area contributed by atoms with E-state index in [2.05, 4.69) is 35.2 Å². The summed E-state index contributed by atoms with van der Waals surface area (Å²) in [6.45, 7) is 3.71. The number of hydrogen-bond donors (Lipinski definition) is 1. The van der Waals surface area contributed by atoms with Crippen molar-refractivity contribution in [1.29, 1.82) is 0 Å². The molecule has 0 radical (unpaired) electrons. The lowest BCUT2D eigenvalue weighted by Crippen LogP contribution is -2.39. The van der Waals surface area contributed by atoms with E-state index in [0.717, 1.165) is 38.2 Å². The molecule has 0 atom stereocenters. The highest BCUT2D eigenvalue weighted by Gasteiger charge is 2.17. The quantitative estimate of drug-likeness (QED) is 0.909. The van der Waals surface area contributed by atoms with Gasteiger partial charge in [0.2, 0.25) is 0 Å². The molecule has 1 saturated heterocycles. The normalized spacial score (nSPS) is 15.9. The minimum Gasteiger partial charge on any atom is -0.489 e. The molecule has 0 saturated carbocycles. The van der Waals surface area contributed by atoms with Gasteiger partial charge in [0, 0.05) is 18.2 Å². The molecule has 0 bridgehead atoms. The second-order valence-electron chi connectivity index (χ2n) is 6.00. The molecule has 4 heteroatoms. The van der Waals surface area contributed by atoms with Crippen LogP contribution in [0.4, 0.5) is 0 Å². The van der Waals surface area contributed by atoms with Crippen molar-refractivity contribution in [3.8, 4) is 5.75 Å². The average Bonchev–Trinajstić information content (AvgIpc) is 2.57. The van der Waals surface area contributed by atoms with E-state index in [4.69, 9.17) is 10.5 Å². The number of para-hydroxylation sites is 1. The van der Waals surface area contributed by atoms with Gasteiger partial charge < -0.3 is 10.5 Å². The van der Waals surface area contributed by atoms with E-state index in [0.29, 0.717) is 12.6 Å². The molecule has 3 rings (SSSR count). The molecule has 2 aromatic carbocycles. The molecular formula is C19H25ClN2O. The van der Waals surface area contributed by atoms with Crippen molar-refractivity contribution in [2.75, 3.05) is 13.1 Å². The van der Waals surface area contributed by atoms with Crippen molar-refractivity contribution in [2.24, 2.45) is 5.73 Å². The molecule has 0 amide bonds. The maximum Gasteiger partial charge on any atom is 0.124 e. The zero-order valence-electron chi connectivity index (χ0n) is 13.4. The van der Waals surface area contributed by atoms with Gasteiger partial charge in [0.25, 0.3) is 0 Å². The molecule has 0 unspecified atom stereocenters. The third-order valence-corrected chi connectivity index (χ3v) is 4.24. The van der Waals surface area contributed by atoms with E-state index in [1.165, 1.54) is 11.1 Å². The van der Waals surface area contributed by atoms with Gasteiger partial charge in [-0.05, 0) is 37.6 Å². The number of hydrogen-bond acceptors (Lipinski definition) is 3. The van der Waals surface area contributed by atoms with Gasteiger partial charge in [-0.1, -0.05) is 48.5 Å². The molecule has 0 aromatic heterocycles. The Labute approximate surface area is 144 Å². The van der Waals surface area contributed by atoms with E-state index in [-0.39, 0.29) is 12.4 Å². The van der Waals surface area contributed by atoms with Gasteiger partial charge in [0.1, 0.15) is 12.4 Å². The fraction of sp³-hybridized carbons (Fsp3) is 0.368. The van der Waals surface area contributed by atoms with Gasteiger partial charge in [0.15, 0.2) is 0 Å². The Bertz CT molecular complexity index is 583. The van der Waals surface area contributed by atoms with Crippen molar-refractivity contribution in [1.82, 2.24) is 4.90 Å². The second-order valence-corrected chi connectivity index (χ2v) is 6.00. The Hall–Kier alpha value is -1.55. The van der Waals surface area contributed by atoms with Gasteiger partial charge in [-0.25, -0.2) is 0 Å². The SMILES string of the molecule is Cl.NC1CCN(Cc2ccccc2OCc2ccccc2)CC1. The summed E-state index contributed by atoms with van der Waals surface area (Å²) in [4.78, 5) is 2.47. The van der Waals surface area contributed by atoms with Crippen LogP contribution in [0.3, 0.4) is 0 Å². The monoisotopic (exact) mass is 332 g/mol. The summed E-state index contributed by atoms with van der Waals surface area (Å²) in [6.07, 6.45) is 2.18. The third kappa shape index (κ3) is 5.24. The van der Waals surface area contributed by atoms with Crippen LogP contribution in [0.15, 0.2) is 54.6 Å². The standard InChI is InChI=1S/C19H24N2O.ClH/c20-18-10-12-21(13-11-18)14-17-8-4-5-9-19(17)22-15-16-6-2-1-3-7-16;/h1-9,18H,10-15,20H2;1H. The van der Waals surface area contributed by atoms with Crippen LogP contribution < -0.4 is 10.5 Å². The van der Waals surface area contributed by atoms with Crippen molar-refractivity contribution in [3.63, 3.8) is 0 Å². The molecule has 2 aromatic rings. The van der Waals surface area contributed by atoms with Crippen molar-refractivity contribution >= 4 is 12.4 Å². The first-order valence-corrected chi connectivity index (χ1v) is 8.04. The first kappa shape index (κ1) is 17.8. The summed E-state index contributed by atoms with van der Waals surface area (Å²) < 4.78 is 6.03. The van der Waals surface area contributed by atoms with Crippen molar-refractivity contribution < 1.29 is 4.74 Å². The summed E-state index contributed by atoms with van der Waals surface area (Å²) in [5.74, 6) is 0.987. The zero-order valence-corrected chi connectivity index (χ0v) is 14.2. The molecule has 0 spiro atoms. The van der Waals surface area contributed by atoms with E-state index in [9.17, 15) is 0 Å². The maximum atomic E-state index is 6.03. The molecule has 23 heavy (non-hydrogen) atoms. The van der Waals surface area contributed by atoms with E-state index in [1.807, 2.05) is 24.3 Å². The van der Waals surface area contributed by atoms with Crippen LogP contribution in [0.5, 0.6) is 5.75 Å². The molecule has 1 fully saturated rings. The predicted octanol–water partition coefficient (Wildman–Crippen LogP) is 3.61. The van der Waals surface area contributed by atoms with E-state index < -0.39 is 0 Å². The van der Waals surface area contributed by atoms with E-state index in [1.54, 1.807) is 0 Å². The predicted molar refractivity (Wildman–Crippen MR) is 97.0 cm³/mol. The Morgan fingerprint density at radius 3 is 2.35 bits per heavy atom. The smallest absolute Gasteiger partial charge is 0.124 e. The lowest BCUT2D eigenvalue weighted by molar-refractivity contribution is 0.201. The average molecular weight is 333 g/mol. The highest BCUT2D eigenvalue weighted by atomic mass is 35.5. The molecule has 0 aliphatic carbocycles. The minimum atomic E-state index is 0. The molecule has 3 nitrogen and oxygen atoms in total. The molecule has 1 aliphatic heterocycles. The third-order valence-electron chi connectivity index (χ3n) is 4.24. The number of halogens is 1. The number of ether oxygens (including phenoxy) is 1. The topological polar surface area (TPSA) is 38.5 Å². The molecular weight excluding hydrogens is 308 g/mol. The highest BCUT2D eigenvalue weighted by molar-refractivity contribution is 5.85. The molecule has 124 valence electrons. The first-order valence-electron chi connectivity index (χ1n) is 8.04. The Morgan fingerprint density at radius 1 is 0.957 bits per heavy atom. The van der Waals surface area contributed by atoms with Gasteiger partial charge in [-0.2, -0.15) is 0 Å². The summed E-state index contributed by atoms with van der Waals surface area (Å²) >= 11 is 0. The van der Waals surface area contributed by atoms with Crippen molar-refractivity contribution in [2.45, 2.75) is 32.0 Å². The molecule has 2 N–H and O–H groups in total. The van der Waals surface area contributed by atoms with Gasteiger partial charge >= 0.3 is 0 Å². The number of likely N-dealkylation sites (tertiary alicyclic amines) is 1. The fourth-order valence-electron chi connectivity index (χ4n) is 2.86.